The van der Waals surface area contributed by atoms with Gasteiger partial charge in [0.25, 0.3) is 0 Å². The summed E-state index contributed by atoms with van der Waals surface area (Å²) in [7, 11) is 0. The van der Waals surface area contributed by atoms with Crippen LogP contribution in [0.2, 0.25) is 0 Å². The van der Waals surface area contributed by atoms with Crippen LogP contribution in [0.4, 0.5) is 0 Å². The van der Waals surface area contributed by atoms with Crippen molar-refractivity contribution >= 4 is 32.4 Å². The van der Waals surface area contributed by atoms with E-state index in [2.05, 4.69) is 58.5 Å². The molecule has 4 aromatic rings. The highest BCUT2D eigenvalue weighted by Crippen LogP contribution is 2.31. The summed E-state index contributed by atoms with van der Waals surface area (Å²) in [6.45, 7) is 2.03. The van der Waals surface area contributed by atoms with Gasteiger partial charge in [-0.25, -0.2) is 9.97 Å². The molecular weight excluding hydrogens is 232 g/mol. The molecule has 0 aliphatic rings. The summed E-state index contributed by atoms with van der Waals surface area (Å²) in [6.07, 6.45) is 1.65. The topological polar surface area (TPSA) is 25.8 Å². The molecule has 1 aromatic heterocycles. The van der Waals surface area contributed by atoms with E-state index in [0.29, 0.717) is 0 Å². The zero-order valence-electron chi connectivity index (χ0n) is 10.6. The third-order valence-corrected chi connectivity index (χ3v) is 3.71. The minimum atomic E-state index is 1.03. The Balaban J connectivity index is 2.37. The molecule has 0 radical (unpaired) electrons. The quantitative estimate of drug-likeness (QED) is 0.432. The van der Waals surface area contributed by atoms with Crippen LogP contribution in [-0.4, -0.2) is 9.97 Å². The Labute approximate surface area is 110 Å². The number of fused-ring (bicyclic) bond motifs is 5. The molecule has 0 unspecified atom stereocenters. The smallest absolute Gasteiger partial charge is 0.116 e. The maximum Gasteiger partial charge on any atom is 0.116 e. The van der Waals surface area contributed by atoms with E-state index in [1.807, 2.05) is 6.92 Å². The lowest BCUT2D eigenvalue weighted by Gasteiger charge is -2.08. The second-order valence-electron chi connectivity index (χ2n) is 4.81. The molecule has 0 saturated heterocycles. The number of hydrogen-bond acceptors (Lipinski definition) is 2. The standard InChI is InChI=1S/C17H12N2/c1-11-14-9-8-13-7-6-12-4-2-3-5-15(12)16(13)17(14)19-10-18-11/h2-10H,1H3. The molecule has 2 heteroatoms. The molecule has 0 spiro atoms. The predicted molar refractivity (Wildman–Crippen MR) is 79.3 cm³/mol. The Morgan fingerprint density at radius 1 is 0.737 bits per heavy atom. The molecule has 0 N–H and O–H groups in total. The van der Waals surface area contributed by atoms with Crippen molar-refractivity contribution in [3.63, 3.8) is 0 Å². The number of rotatable bonds is 0. The van der Waals surface area contributed by atoms with Crippen LogP contribution in [0.25, 0.3) is 32.4 Å². The fraction of sp³-hybridized carbons (Fsp3) is 0.0588. The maximum atomic E-state index is 4.51. The highest BCUT2D eigenvalue weighted by molar-refractivity contribution is 6.18. The second kappa shape index (κ2) is 3.75. The van der Waals surface area contributed by atoms with Crippen LogP contribution in [0.5, 0.6) is 0 Å². The SMILES string of the molecule is Cc1ncnc2c1ccc1ccc3ccccc3c12. The molecule has 1 heterocycles. The van der Waals surface area contributed by atoms with E-state index in [1.165, 1.54) is 21.5 Å². The fourth-order valence-corrected chi connectivity index (χ4v) is 2.75. The molecule has 0 atom stereocenters. The molecular formula is C17H12N2. The number of aromatic nitrogens is 2. The lowest BCUT2D eigenvalue weighted by Crippen LogP contribution is -1.89. The predicted octanol–water partition coefficient (Wildman–Crippen LogP) is 4.24. The largest absolute Gasteiger partial charge is 0.241 e. The van der Waals surface area contributed by atoms with Gasteiger partial charge in [0.1, 0.15) is 6.33 Å². The minimum absolute atomic E-state index is 1.03. The van der Waals surface area contributed by atoms with Crippen molar-refractivity contribution in [2.75, 3.05) is 0 Å². The van der Waals surface area contributed by atoms with Crippen LogP contribution in [0.15, 0.2) is 54.9 Å². The fourth-order valence-electron chi connectivity index (χ4n) is 2.75. The normalized spacial score (nSPS) is 11.4. The summed E-state index contributed by atoms with van der Waals surface area (Å²) in [5.74, 6) is 0. The van der Waals surface area contributed by atoms with Gasteiger partial charge < -0.3 is 0 Å². The van der Waals surface area contributed by atoms with Crippen LogP contribution >= 0.6 is 0 Å². The molecule has 0 aliphatic carbocycles. The molecule has 0 aliphatic heterocycles. The van der Waals surface area contributed by atoms with Gasteiger partial charge in [0.2, 0.25) is 0 Å². The molecule has 0 fully saturated rings. The van der Waals surface area contributed by atoms with Crippen LogP contribution in [-0.2, 0) is 0 Å². The summed E-state index contributed by atoms with van der Waals surface area (Å²) >= 11 is 0. The summed E-state index contributed by atoms with van der Waals surface area (Å²) in [5, 5.41) is 6.08. The van der Waals surface area contributed by atoms with E-state index in [1.54, 1.807) is 6.33 Å². The second-order valence-corrected chi connectivity index (χ2v) is 4.81. The first kappa shape index (κ1) is 10.4. The number of hydrogen-bond donors (Lipinski definition) is 0. The minimum Gasteiger partial charge on any atom is -0.241 e. The maximum absolute atomic E-state index is 4.51. The Morgan fingerprint density at radius 3 is 2.47 bits per heavy atom. The third-order valence-electron chi connectivity index (χ3n) is 3.71. The van der Waals surface area contributed by atoms with Crippen molar-refractivity contribution in [3.8, 4) is 0 Å². The van der Waals surface area contributed by atoms with Gasteiger partial charge in [0, 0.05) is 16.5 Å². The van der Waals surface area contributed by atoms with Crippen molar-refractivity contribution < 1.29 is 0 Å². The molecule has 3 aromatic carbocycles. The van der Waals surface area contributed by atoms with Gasteiger partial charge in [-0.05, 0) is 23.1 Å². The van der Waals surface area contributed by atoms with Crippen LogP contribution in [0, 0.1) is 6.92 Å². The van der Waals surface area contributed by atoms with Crippen molar-refractivity contribution in [3.05, 3.63) is 60.6 Å². The highest BCUT2D eigenvalue weighted by atomic mass is 14.8. The molecule has 19 heavy (non-hydrogen) atoms. The van der Waals surface area contributed by atoms with Crippen LogP contribution < -0.4 is 0 Å². The van der Waals surface area contributed by atoms with Gasteiger partial charge in [0.05, 0.1) is 5.52 Å². The summed E-state index contributed by atoms with van der Waals surface area (Å²) in [5.41, 5.74) is 2.07. The van der Waals surface area contributed by atoms with Crippen LogP contribution in [0.1, 0.15) is 5.69 Å². The number of benzene rings is 3. The van der Waals surface area contributed by atoms with Gasteiger partial charge in [-0.15, -0.1) is 0 Å². The van der Waals surface area contributed by atoms with Gasteiger partial charge >= 0.3 is 0 Å². The summed E-state index contributed by atoms with van der Waals surface area (Å²) < 4.78 is 0. The van der Waals surface area contributed by atoms with Crippen molar-refractivity contribution in [2.24, 2.45) is 0 Å². The van der Waals surface area contributed by atoms with Crippen molar-refractivity contribution in [1.29, 1.82) is 0 Å². The first-order valence-electron chi connectivity index (χ1n) is 6.36. The van der Waals surface area contributed by atoms with E-state index in [9.17, 15) is 0 Å². The van der Waals surface area contributed by atoms with Gasteiger partial charge in [-0.3, -0.25) is 0 Å². The zero-order chi connectivity index (χ0) is 12.8. The lowest BCUT2D eigenvalue weighted by molar-refractivity contribution is 1.16. The van der Waals surface area contributed by atoms with Gasteiger partial charge in [-0.2, -0.15) is 0 Å². The molecule has 4 rings (SSSR count). The average Bonchev–Trinajstić information content (AvgIpc) is 2.47. The molecule has 90 valence electrons. The lowest BCUT2D eigenvalue weighted by atomic mass is 9.99. The first-order valence-corrected chi connectivity index (χ1v) is 6.36. The Hall–Kier alpha value is -2.48. The number of aryl methyl sites for hydroxylation is 1. The summed E-state index contributed by atoms with van der Waals surface area (Å²) in [6, 6.07) is 17.0. The van der Waals surface area contributed by atoms with Gasteiger partial charge in [-0.1, -0.05) is 48.5 Å². The van der Waals surface area contributed by atoms with E-state index in [-0.39, 0.29) is 0 Å². The Morgan fingerprint density at radius 2 is 1.53 bits per heavy atom. The summed E-state index contributed by atoms with van der Waals surface area (Å²) in [4.78, 5) is 8.79. The van der Waals surface area contributed by atoms with Gasteiger partial charge in [0.15, 0.2) is 0 Å². The zero-order valence-corrected chi connectivity index (χ0v) is 10.6. The molecule has 0 amide bonds. The Kier molecular flexibility index (Phi) is 2.06. The van der Waals surface area contributed by atoms with E-state index in [4.69, 9.17) is 0 Å². The van der Waals surface area contributed by atoms with Crippen molar-refractivity contribution in [1.82, 2.24) is 9.97 Å². The first-order chi connectivity index (χ1) is 9.34. The van der Waals surface area contributed by atoms with Crippen LogP contribution in [0.3, 0.4) is 0 Å². The molecule has 2 nitrogen and oxygen atoms in total. The number of nitrogens with zero attached hydrogens (tertiary/aromatic N) is 2. The monoisotopic (exact) mass is 244 g/mol. The van der Waals surface area contributed by atoms with E-state index >= 15 is 0 Å². The van der Waals surface area contributed by atoms with E-state index in [0.717, 1.165) is 16.6 Å². The third kappa shape index (κ3) is 1.43. The van der Waals surface area contributed by atoms with E-state index < -0.39 is 0 Å². The highest BCUT2D eigenvalue weighted by Gasteiger charge is 2.07. The average molecular weight is 244 g/mol. The molecule has 0 bridgehead atoms. The molecule has 0 saturated carbocycles. The van der Waals surface area contributed by atoms with Crippen molar-refractivity contribution in [2.45, 2.75) is 6.92 Å². The Bertz CT molecular complexity index is 926.